The van der Waals surface area contributed by atoms with Crippen molar-refractivity contribution in [1.29, 1.82) is 0 Å². The molecule has 0 spiro atoms. The number of likely N-dealkylation sites (N-methyl/N-ethyl adjacent to an activating group) is 1. The smallest absolute Gasteiger partial charge is 0.407 e. The van der Waals surface area contributed by atoms with E-state index in [1.807, 2.05) is 0 Å². The number of amides is 2. The van der Waals surface area contributed by atoms with Gasteiger partial charge in [-0.15, -0.1) is 0 Å². The Kier molecular flexibility index (Phi) is 13.6. The number of rotatable bonds is 12. The molecule has 3 aliphatic rings. The molecule has 12 atom stereocenters. The van der Waals surface area contributed by atoms with Gasteiger partial charge in [-0.25, -0.2) is 22.7 Å². The molecule has 0 radical (unpaired) electrons. The highest BCUT2D eigenvalue weighted by atomic mass is 32.2. The molecule has 10 N–H and O–H groups in total. The van der Waals surface area contributed by atoms with Crippen molar-refractivity contribution in [3.05, 3.63) is 34.4 Å². The molecule has 0 unspecified atom stereocenters. The SMILES string of the molecule is CN[C@@H]1[C@@H](O)[C@@H](O[C@@H]2[C@@H](O)[C@H](O[C@H]3O[C@H](CNS(=O)(=O)c4ccccc4[N+](=O)[O-])CC[C@H]3NC(=O)O)[C@@H](NC(=O)OC(C)(C)C)C[C@H]2N)OC[C@]1(C)O. The van der Waals surface area contributed by atoms with E-state index in [4.69, 9.17) is 29.4 Å². The van der Waals surface area contributed by atoms with E-state index >= 15 is 0 Å². The van der Waals surface area contributed by atoms with Crippen molar-refractivity contribution in [3.8, 4) is 0 Å². The Bertz CT molecular complexity index is 1560. The monoisotopic (exact) mass is 778 g/mol. The summed E-state index contributed by atoms with van der Waals surface area (Å²) in [5.74, 6) is 0. The number of benzene rings is 1. The summed E-state index contributed by atoms with van der Waals surface area (Å²) in [7, 11) is -2.88. The second-order valence-electron chi connectivity index (χ2n) is 14.5. The van der Waals surface area contributed by atoms with Gasteiger partial charge in [0.1, 0.15) is 35.6 Å². The van der Waals surface area contributed by atoms with E-state index in [9.17, 15) is 48.5 Å². The van der Waals surface area contributed by atoms with Crippen LogP contribution in [0, 0.1) is 10.1 Å². The molecule has 1 aromatic carbocycles. The molecular formula is C31H50N6O15S. The number of carbonyl (C=O) groups is 2. The molecule has 1 aliphatic carbocycles. The highest BCUT2D eigenvalue weighted by Crippen LogP contribution is 2.33. The van der Waals surface area contributed by atoms with E-state index in [-0.39, 0.29) is 25.9 Å². The first-order valence-corrected chi connectivity index (χ1v) is 18.4. The Morgan fingerprint density at radius 1 is 1.08 bits per heavy atom. The molecular weight excluding hydrogens is 728 g/mol. The van der Waals surface area contributed by atoms with Crippen LogP contribution in [-0.4, -0.2) is 145 Å². The molecule has 2 heterocycles. The van der Waals surface area contributed by atoms with Crippen molar-refractivity contribution < 1.29 is 67.0 Å². The van der Waals surface area contributed by atoms with Gasteiger partial charge in [-0.05, 0) is 60.1 Å². The fourth-order valence-corrected chi connectivity index (χ4v) is 7.85. The number of ether oxygens (including phenoxy) is 5. The lowest BCUT2D eigenvalue weighted by Gasteiger charge is -2.49. The number of aliphatic hydroxyl groups is 3. The van der Waals surface area contributed by atoms with Crippen LogP contribution in [0.1, 0.15) is 47.0 Å². The molecule has 3 fully saturated rings. The molecule has 2 saturated heterocycles. The molecule has 21 nitrogen and oxygen atoms in total. The number of nitrogens with two attached hydrogens (primary N) is 1. The first-order valence-electron chi connectivity index (χ1n) is 16.9. The number of alkyl carbamates (subject to hydrolysis) is 1. The van der Waals surface area contributed by atoms with Gasteiger partial charge in [0.25, 0.3) is 5.69 Å². The van der Waals surface area contributed by atoms with Crippen molar-refractivity contribution in [3.63, 3.8) is 0 Å². The maximum atomic E-state index is 13.1. The molecule has 1 saturated carbocycles. The molecule has 22 heteroatoms. The van der Waals surface area contributed by atoms with Crippen molar-refractivity contribution in [2.75, 3.05) is 20.2 Å². The lowest BCUT2D eigenvalue weighted by atomic mass is 9.83. The Balaban J connectivity index is 1.58. The number of nitrogens with zero attached hydrogens (tertiary/aromatic N) is 1. The number of carbonyl (C=O) groups excluding carboxylic acids is 1. The largest absolute Gasteiger partial charge is 0.465 e. The summed E-state index contributed by atoms with van der Waals surface area (Å²) in [5, 5.41) is 62.2. The molecule has 2 aliphatic heterocycles. The second kappa shape index (κ2) is 17.0. The van der Waals surface area contributed by atoms with Gasteiger partial charge >= 0.3 is 12.2 Å². The number of hydrogen-bond donors (Lipinski definition) is 9. The van der Waals surface area contributed by atoms with Crippen LogP contribution in [-0.2, 0) is 33.7 Å². The summed E-state index contributed by atoms with van der Waals surface area (Å²) in [5.41, 5.74) is 3.43. The molecule has 0 aromatic heterocycles. The summed E-state index contributed by atoms with van der Waals surface area (Å²) in [4.78, 5) is 34.7. The van der Waals surface area contributed by atoms with Crippen LogP contribution in [0.5, 0.6) is 0 Å². The Labute approximate surface area is 306 Å². The van der Waals surface area contributed by atoms with Gasteiger partial charge in [0.15, 0.2) is 17.5 Å². The summed E-state index contributed by atoms with van der Waals surface area (Å²) in [6.45, 7) is 5.73. The molecule has 2 amide bonds. The third kappa shape index (κ3) is 10.7. The molecule has 0 bridgehead atoms. The Morgan fingerprint density at radius 3 is 2.36 bits per heavy atom. The van der Waals surface area contributed by atoms with Crippen LogP contribution in [0.4, 0.5) is 15.3 Å². The zero-order chi connectivity index (χ0) is 39.5. The fourth-order valence-electron chi connectivity index (χ4n) is 6.62. The number of nitro groups is 1. The van der Waals surface area contributed by atoms with Crippen molar-refractivity contribution in [1.82, 2.24) is 20.7 Å². The van der Waals surface area contributed by atoms with E-state index in [0.29, 0.717) is 0 Å². The minimum Gasteiger partial charge on any atom is -0.465 e. The van der Waals surface area contributed by atoms with Gasteiger partial charge in [-0.2, -0.15) is 0 Å². The van der Waals surface area contributed by atoms with E-state index in [1.165, 1.54) is 26.1 Å². The standard InChI is InChI=1S/C31H50N6O15S/c1-30(2,3)52-29(42)36-18-12-16(32)23(50-27-22(39)25(33-5)31(4,43)14-48-27)21(38)24(18)51-26-17(35-28(40)41)11-10-15(49-26)13-34-53(46,47)20-9-7-6-8-19(20)37(44)45/h6-9,15-18,21-27,33-35,38-39,43H,10-14,32H2,1-5H3,(H,36,42)(H,40,41)/t15-,16+,17+,18-,21+,22+,23-,24+,25+,26+,27+,31-/m0/s1. The van der Waals surface area contributed by atoms with Gasteiger partial charge in [0.2, 0.25) is 10.0 Å². The first-order chi connectivity index (χ1) is 24.6. The van der Waals surface area contributed by atoms with E-state index in [1.54, 1.807) is 20.8 Å². The number of sulfonamides is 1. The topological polar surface area (TPSA) is 313 Å². The number of para-hydroxylation sites is 1. The number of carboxylic acid groups (broad SMARTS) is 1. The third-order valence-corrected chi connectivity index (χ3v) is 10.5. The number of hydrogen-bond acceptors (Lipinski definition) is 16. The number of nitro benzene ring substituents is 1. The minimum absolute atomic E-state index is 0.0642. The predicted molar refractivity (Wildman–Crippen MR) is 182 cm³/mol. The lowest BCUT2D eigenvalue weighted by Crippen LogP contribution is -2.69. The van der Waals surface area contributed by atoms with Gasteiger partial charge in [0, 0.05) is 18.7 Å². The molecule has 1 aromatic rings. The van der Waals surface area contributed by atoms with E-state index in [0.717, 1.165) is 12.1 Å². The zero-order valence-corrected chi connectivity index (χ0v) is 30.7. The van der Waals surface area contributed by atoms with Crippen LogP contribution in [0.3, 0.4) is 0 Å². The van der Waals surface area contributed by atoms with Crippen LogP contribution in [0.2, 0.25) is 0 Å². The van der Waals surface area contributed by atoms with Gasteiger partial charge in [0.05, 0.1) is 35.8 Å². The minimum atomic E-state index is -4.41. The summed E-state index contributed by atoms with van der Waals surface area (Å²) < 4.78 is 57.7. The summed E-state index contributed by atoms with van der Waals surface area (Å²) >= 11 is 0. The Morgan fingerprint density at radius 2 is 1.74 bits per heavy atom. The van der Waals surface area contributed by atoms with Crippen molar-refractivity contribution in [2.45, 2.75) is 130 Å². The maximum Gasteiger partial charge on any atom is 0.407 e. The average Bonchev–Trinajstić information content (AvgIpc) is 3.04. The molecule has 4 rings (SSSR count). The van der Waals surface area contributed by atoms with Crippen molar-refractivity contribution in [2.24, 2.45) is 5.73 Å². The quantitative estimate of drug-likeness (QED) is 0.0891. The van der Waals surface area contributed by atoms with Crippen LogP contribution in [0.25, 0.3) is 0 Å². The number of nitrogens with one attached hydrogen (secondary N) is 4. The summed E-state index contributed by atoms with van der Waals surface area (Å²) in [6.07, 6.45) is -11.9. The number of aliphatic hydroxyl groups excluding tert-OH is 2. The average molecular weight is 779 g/mol. The normalized spacial score (nSPS) is 35.2. The second-order valence-corrected chi connectivity index (χ2v) is 16.2. The third-order valence-electron chi connectivity index (χ3n) is 9.06. The van der Waals surface area contributed by atoms with Crippen molar-refractivity contribution >= 4 is 27.9 Å². The maximum absolute atomic E-state index is 13.1. The van der Waals surface area contributed by atoms with Gasteiger partial charge in [-0.3, -0.25) is 10.1 Å². The molecule has 300 valence electrons. The van der Waals surface area contributed by atoms with Crippen LogP contribution in [0.15, 0.2) is 29.2 Å². The van der Waals surface area contributed by atoms with Crippen LogP contribution < -0.4 is 26.4 Å². The fraction of sp³-hybridized carbons (Fsp3) is 0.742. The summed E-state index contributed by atoms with van der Waals surface area (Å²) in [6, 6.07) is 0.737. The van der Waals surface area contributed by atoms with Gasteiger partial charge in [-0.1, -0.05) is 12.1 Å². The molecule has 53 heavy (non-hydrogen) atoms. The van der Waals surface area contributed by atoms with E-state index < -0.39 is 123 Å². The van der Waals surface area contributed by atoms with Gasteiger partial charge < -0.3 is 65.8 Å². The Hall–Kier alpha value is -3.29. The highest BCUT2D eigenvalue weighted by molar-refractivity contribution is 7.89. The lowest BCUT2D eigenvalue weighted by molar-refractivity contribution is -0.387. The van der Waals surface area contributed by atoms with E-state index in [2.05, 4.69) is 20.7 Å². The predicted octanol–water partition coefficient (Wildman–Crippen LogP) is -1.17. The van der Waals surface area contributed by atoms with Crippen LogP contribution >= 0.6 is 0 Å². The highest BCUT2D eigenvalue weighted by Gasteiger charge is 2.52. The zero-order valence-electron chi connectivity index (χ0n) is 29.9. The first kappa shape index (κ1) is 42.5.